The smallest absolute Gasteiger partial charge is 0.303 e. The van der Waals surface area contributed by atoms with Crippen LogP contribution >= 0.6 is 0 Å². The number of carbonyl (C=O) groups excluding carboxylic acids is 1. The van der Waals surface area contributed by atoms with Crippen molar-refractivity contribution in [2.24, 2.45) is 4.99 Å². The highest BCUT2D eigenvalue weighted by Gasteiger charge is 1.98. The van der Waals surface area contributed by atoms with Gasteiger partial charge in [0.1, 0.15) is 0 Å². The molecule has 0 bridgehead atoms. The lowest BCUT2D eigenvalue weighted by Crippen LogP contribution is -1.93. The van der Waals surface area contributed by atoms with Crippen LogP contribution in [0.25, 0.3) is 0 Å². The van der Waals surface area contributed by atoms with E-state index >= 15 is 0 Å². The molecule has 0 heterocycles. The second kappa shape index (κ2) is 27.9. The summed E-state index contributed by atoms with van der Waals surface area (Å²) < 4.78 is 0. The summed E-state index contributed by atoms with van der Waals surface area (Å²) in [6.07, 6.45) is 33.6. The summed E-state index contributed by atoms with van der Waals surface area (Å²) in [5, 5.41) is 8.60. The molecule has 4 heteroatoms. The number of unbranched alkanes of at least 4 members (excludes halogenated alkanes) is 23. The first-order valence-electron chi connectivity index (χ1n) is 14.0. The van der Waals surface area contributed by atoms with E-state index in [0.29, 0.717) is 13.0 Å². The second-order valence-corrected chi connectivity index (χ2v) is 9.60. The highest BCUT2D eigenvalue weighted by molar-refractivity contribution is 5.66. The molecule has 0 aromatic heterocycles. The summed E-state index contributed by atoms with van der Waals surface area (Å²) in [5.74, 6) is -0.657. The van der Waals surface area contributed by atoms with Gasteiger partial charge in [-0.3, -0.25) is 4.79 Å². The molecule has 0 unspecified atom stereocenters. The summed E-state index contributed by atoms with van der Waals surface area (Å²) in [7, 11) is 0. The molecule has 1 N–H and O–H groups in total. The van der Waals surface area contributed by atoms with Crippen LogP contribution in [0.4, 0.5) is 0 Å². The zero-order valence-electron chi connectivity index (χ0n) is 21.1. The topological polar surface area (TPSA) is 66.7 Å². The Balaban J connectivity index is 3.02. The number of nitrogens with zero attached hydrogens (tertiary/aromatic N) is 1. The van der Waals surface area contributed by atoms with Crippen LogP contribution < -0.4 is 0 Å². The van der Waals surface area contributed by atoms with E-state index in [9.17, 15) is 9.59 Å². The Morgan fingerprint density at radius 3 is 0.969 bits per heavy atom. The molecule has 0 saturated heterocycles. The average molecular weight is 452 g/mol. The van der Waals surface area contributed by atoms with Gasteiger partial charge in [0.05, 0.1) is 6.54 Å². The lowest BCUT2D eigenvalue weighted by molar-refractivity contribution is -0.137. The summed E-state index contributed by atoms with van der Waals surface area (Å²) in [6.45, 7) is 0.657. The van der Waals surface area contributed by atoms with Gasteiger partial charge in [-0.2, -0.15) is 0 Å². The predicted octanol–water partition coefficient (Wildman–Crippen LogP) is 9.16. The van der Waals surface area contributed by atoms with Crippen LogP contribution in [0.1, 0.15) is 161 Å². The molecular weight excluding hydrogens is 398 g/mol. The molecule has 0 spiro atoms. The van der Waals surface area contributed by atoms with Gasteiger partial charge in [-0.25, -0.2) is 9.79 Å². The van der Waals surface area contributed by atoms with E-state index in [4.69, 9.17) is 5.11 Å². The summed E-state index contributed by atoms with van der Waals surface area (Å²) >= 11 is 0. The first kappa shape index (κ1) is 30.9. The number of aliphatic carboxylic acids is 1. The fourth-order valence-corrected chi connectivity index (χ4v) is 4.40. The monoisotopic (exact) mass is 451 g/mol. The van der Waals surface area contributed by atoms with Gasteiger partial charge < -0.3 is 5.11 Å². The first-order chi connectivity index (χ1) is 15.8. The highest BCUT2D eigenvalue weighted by Crippen LogP contribution is 2.15. The normalized spacial score (nSPS) is 10.9. The van der Waals surface area contributed by atoms with E-state index in [-0.39, 0.29) is 0 Å². The SMILES string of the molecule is O=C=NCCCCCCCCCCCCCCCCCCCCCCCCCCC(=O)O. The van der Waals surface area contributed by atoms with Crippen LogP contribution in [0, 0.1) is 0 Å². The standard InChI is InChI=1S/C28H53NO3/c30-27-29-26-24-22-20-18-16-14-12-10-8-6-4-2-1-3-5-7-9-11-13-15-17-19-21-23-25-28(31)32/h1-26H2,(H,31,32). The van der Waals surface area contributed by atoms with Crippen molar-refractivity contribution in [3.05, 3.63) is 0 Å². The van der Waals surface area contributed by atoms with Gasteiger partial charge in [-0.05, 0) is 12.8 Å². The molecule has 0 aliphatic heterocycles. The number of carboxylic acid groups (broad SMARTS) is 1. The van der Waals surface area contributed by atoms with Crippen LogP contribution in [0.2, 0.25) is 0 Å². The van der Waals surface area contributed by atoms with E-state index in [0.717, 1.165) is 19.3 Å². The van der Waals surface area contributed by atoms with Gasteiger partial charge >= 0.3 is 5.97 Å². The first-order valence-corrected chi connectivity index (χ1v) is 14.0. The molecule has 0 rings (SSSR count). The van der Waals surface area contributed by atoms with Crippen molar-refractivity contribution in [2.75, 3.05) is 6.54 Å². The lowest BCUT2D eigenvalue weighted by Gasteiger charge is -2.04. The van der Waals surface area contributed by atoms with Crippen LogP contribution in [0.3, 0.4) is 0 Å². The molecular formula is C28H53NO3. The fraction of sp³-hybridized carbons (Fsp3) is 0.929. The molecule has 0 aromatic rings. The zero-order valence-corrected chi connectivity index (χ0v) is 21.1. The average Bonchev–Trinajstić information content (AvgIpc) is 2.78. The largest absolute Gasteiger partial charge is 0.481 e. The van der Waals surface area contributed by atoms with E-state index in [1.54, 1.807) is 6.08 Å². The fourth-order valence-electron chi connectivity index (χ4n) is 4.40. The van der Waals surface area contributed by atoms with E-state index in [2.05, 4.69) is 4.99 Å². The van der Waals surface area contributed by atoms with E-state index in [1.165, 1.54) is 135 Å². The number of carboxylic acids is 1. The maximum atomic E-state index is 10.4. The molecule has 0 radical (unpaired) electrons. The van der Waals surface area contributed by atoms with Crippen molar-refractivity contribution >= 4 is 12.0 Å². The van der Waals surface area contributed by atoms with E-state index in [1.807, 2.05) is 0 Å². The molecule has 4 nitrogen and oxygen atoms in total. The van der Waals surface area contributed by atoms with Crippen molar-refractivity contribution in [1.29, 1.82) is 0 Å². The lowest BCUT2D eigenvalue weighted by atomic mass is 10.0. The van der Waals surface area contributed by atoms with Gasteiger partial charge in [0.25, 0.3) is 0 Å². The third kappa shape index (κ3) is 28.9. The minimum atomic E-state index is -0.657. The Bertz CT molecular complexity index is 406. The third-order valence-corrected chi connectivity index (χ3v) is 6.48. The molecule has 0 aliphatic carbocycles. The van der Waals surface area contributed by atoms with Gasteiger partial charge in [-0.15, -0.1) is 0 Å². The Kier molecular flexibility index (Phi) is 26.9. The van der Waals surface area contributed by atoms with Crippen LogP contribution in [-0.4, -0.2) is 23.7 Å². The second-order valence-electron chi connectivity index (χ2n) is 9.60. The molecule has 188 valence electrons. The van der Waals surface area contributed by atoms with Gasteiger partial charge in [0, 0.05) is 6.42 Å². The Morgan fingerprint density at radius 2 is 0.719 bits per heavy atom. The molecule has 0 saturated carbocycles. The molecule has 32 heavy (non-hydrogen) atoms. The summed E-state index contributed by atoms with van der Waals surface area (Å²) in [4.78, 5) is 24.0. The number of carbonyl (C=O) groups is 1. The van der Waals surface area contributed by atoms with Crippen LogP contribution in [0.5, 0.6) is 0 Å². The molecule has 0 fully saturated rings. The summed E-state index contributed by atoms with van der Waals surface area (Å²) in [6, 6.07) is 0. The number of rotatable bonds is 27. The van der Waals surface area contributed by atoms with Crippen molar-refractivity contribution in [3.8, 4) is 0 Å². The minimum Gasteiger partial charge on any atom is -0.481 e. The number of aliphatic imine (C=N–C) groups is 1. The quantitative estimate of drug-likeness (QED) is 0.0768. The summed E-state index contributed by atoms with van der Waals surface area (Å²) in [5.41, 5.74) is 0. The van der Waals surface area contributed by atoms with Gasteiger partial charge in [0.2, 0.25) is 6.08 Å². The molecule has 0 amide bonds. The number of hydrogen-bond acceptors (Lipinski definition) is 3. The molecule has 0 aromatic carbocycles. The third-order valence-electron chi connectivity index (χ3n) is 6.48. The van der Waals surface area contributed by atoms with Crippen LogP contribution in [-0.2, 0) is 9.59 Å². The molecule has 0 atom stereocenters. The van der Waals surface area contributed by atoms with Crippen molar-refractivity contribution in [1.82, 2.24) is 0 Å². The van der Waals surface area contributed by atoms with Crippen molar-refractivity contribution in [2.45, 2.75) is 161 Å². The van der Waals surface area contributed by atoms with Crippen LogP contribution in [0.15, 0.2) is 4.99 Å². The van der Waals surface area contributed by atoms with E-state index < -0.39 is 5.97 Å². The maximum absolute atomic E-state index is 10.4. The Labute approximate surface area is 199 Å². The number of hydrogen-bond donors (Lipinski definition) is 1. The van der Waals surface area contributed by atoms with Gasteiger partial charge in [-0.1, -0.05) is 141 Å². The Hall–Kier alpha value is -1.15. The maximum Gasteiger partial charge on any atom is 0.303 e. The zero-order chi connectivity index (χ0) is 23.4. The Morgan fingerprint density at radius 1 is 0.469 bits per heavy atom. The molecule has 0 aliphatic rings. The van der Waals surface area contributed by atoms with Crippen molar-refractivity contribution in [3.63, 3.8) is 0 Å². The predicted molar refractivity (Wildman–Crippen MR) is 136 cm³/mol. The minimum absolute atomic E-state index is 0.337. The highest BCUT2D eigenvalue weighted by atomic mass is 16.4. The van der Waals surface area contributed by atoms with Crippen molar-refractivity contribution < 1.29 is 14.7 Å². The van der Waals surface area contributed by atoms with Gasteiger partial charge in [0.15, 0.2) is 0 Å². The number of isocyanates is 1.